The molecule has 0 atom stereocenters. The van der Waals surface area contributed by atoms with Gasteiger partial charge in [0.2, 0.25) is 0 Å². The van der Waals surface area contributed by atoms with E-state index in [4.69, 9.17) is 0 Å². The van der Waals surface area contributed by atoms with Crippen LogP contribution in [0.4, 0.5) is 5.69 Å². The Morgan fingerprint density at radius 3 is 2.89 bits per heavy atom. The predicted octanol–water partition coefficient (Wildman–Crippen LogP) is 2.98. The molecule has 1 aromatic carbocycles. The summed E-state index contributed by atoms with van der Waals surface area (Å²) in [5, 5.41) is 0. The smallest absolute Gasteiger partial charge is 0.134 e. The summed E-state index contributed by atoms with van der Waals surface area (Å²) in [5.74, 6) is 1.15. The molecule has 0 N–H and O–H groups in total. The Morgan fingerprint density at radius 2 is 2.22 bits per heavy atom. The molecule has 1 aliphatic heterocycles. The maximum Gasteiger partial charge on any atom is 0.134 e. The number of Topliss-reactive ketones (excluding diaryl/α,β-unsaturated/α-hetero) is 1. The predicted molar refractivity (Wildman–Crippen MR) is 74.1 cm³/mol. The molecule has 96 valence electrons. The number of hydrogen-bond acceptors (Lipinski definition) is 2. The van der Waals surface area contributed by atoms with Gasteiger partial charge in [-0.15, -0.1) is 0 Å². The highest BCUT2D eigenvalue weighted by atomic mass is 16.1. The minimum atomic E-state index is 0.263. The monoisotopic (exact) mass is 243 g/mol. The molecule has 2 aliphatic rings. The summed E-state index contributed by atoms with van der Waals surface area (Å²) in [6, 6.07) is 6.45. The maximum atomic E-state index is 11.4. The average molecular weight is 243 g/mol. The Labute approximate surface area is 109 Å². The Bertz CT molecular complexity index is 462. The van der Waals surface area contributed by atoms with Crippen molar-refractivity contribution in [3.63, 3.8) is 0 Å². The Hall–Kier alpha value is -1.31. The summed E-state index contributed by atoms with van der Waals surface area (Å²) in [5.41, 5.74) is 4.05. The molecular formula is C16H21NO. The fourth-order valence-electron chi connectivity index (χ4n) is 3.20. The first-order valence-corrected chi connectivity index (χ1v) is 7.09. The van der Waals surface area contributed by atoms with Gasteiger partial charge in [-0.05, 0) is 43.2 Å². The topological polar surface area (TPSA) is 20.3 Å². The van der Waals surface area contributed by atoms with Crippen LogP contribution in [0.2, 0.25) is 0 Å². The lowest BCUT2D eigenvalue weighted by atomic mass is 9.85. The third-order valence-corrected chi connectivity index (χ3v) is 4.31. The van der Waals surface area contributed by atoms with Crippen LogP contribution in [0.15, 0.2) is 18.2 Å². The standard InChI is InChI=1S/C16H21NO/c1-12(18)10-15-7-3-6-14-8-9-17(16(14)15)11-13-4-2-5-13/h3,6-7,13H,2,4-5,8-11H2,1H3. The zero-order chi connectivity index (χ0) is 12.5. The van der Waals surface area contributed by atoms with Crippen LogP contribution in [-0.2, 0) is 17.6 Å². The van der Waals surface area contributed by atoms with Gasteiger partial charge in [0.05, 0.1) is 0 Å². The van der Waals surface area contributed by atoms with Gasteiger partial charge in [-0.2, -0.15) is 0 Å². The number of carbonyl (C=O) groups excluding carboxylic acids is 1. The summed E-state index contributed by atoms with van der Waals surface area (Å²) in [7, 11) is 0. The van der Waals surface area contributed by atoms with E-state index < -0.39 is 0 Å². The molecule has 0 bridgehead atoms. The highest BCUT2D eigenvalue weighted by Gasteiger charge is 2.27. The molecule has 0 unspecified atom stereocenters. The van der Waals surface area contributed by atoms with Crippen molar-refractivity contribution in [1.29, 1.82) is 0 Å². The molecule has 1 heterocycles. The Balaban J connectivity index is 1.84. The van der Waals surface area contributed by atoms with Crippen LogP contribution < -0.4 is 4.90 Å². The van der Waals surface area contributed by atoms with Crippen molar-refractivity contribution in [2.24, 2.45) is 5.92 Å². The molecule has 1 fully saturated rings. The molecule has 18 heavy (non-hydrogen) atoms. The fourth-order valence-corrected chi connectivity index (χ4v) is 3.20. The van der Waals surface area contributed by atoms with Gasteiger partial charge in [0.1, 0.15) is 5.78 Å². The van der Waals surface area contributed by atoms with Crippen molar-refractivity contribution in [2.45, 2.75) is 39.0 Å². The van der Waals surface area contributed by atoms with E-state index in [0.29, 0.717) is 6.42 Å². The molecule has 0 saturated heterocycles. The molecule has 0 amide bonds. The highest BCUT2D eigenvalue weighted by molar-refractivity contribution is 5.81. The molecule has 2 nitrogen and oxygen atoms in total. The number of anilines is 1. The normalized spacial score (nSPS) is 18.6. The lowest BCUT2D eigenvalue weighted by Crippen LogP contribution is -2.31. The van der Waals surface area contributed by atoms with E-state index in [1.54, 1.807) is 6.92 Å². The van der Waals surface area contributed by atoms with Crippen molar-refractivity contribution >= 4 is 11.5 Å². The highest BCUT2D eigenvalue weighted by Crippen LogP contribution is 2.36. The molecule has 0 aromatic heterocycles. The molecule has 1 aliphatic carbocycles. The summed E-state index contributed by atoms with van der Waals surface area (Å²) in [4.78, 5) is 13.9. The lowest BCUT2D eigenvalue weighted by molar-refractivity contribution is -0.116. The average Bonchev–Trinajstić information content (AvgIpc) is 2.67. The van der Waals surface area contributed by atoms with Crippen LogP contribution in [0.5, 0.6) is 0 Å². The quantitative estimate of drug-likeness (QED) is 0.810. The zero-order valence-electron chi connectivity index (χ0n) is 11.1. The van der Waals surface area contributed by atoms with E-state index in [9.17, 15) is 4.79 Å². The molecule has 0 spiro atoms. The van der Waals surface area contributed by atoms with Crippen LogP contribution in [0.3, 0.4) is 0 Å². The molecule has 2 heteroatoms. The fraction of sp³-hybridized carbons (Fsp3) is 0.562. The second-order valence-electron chi connectivity index (χ2n) is 5.80. The number of rotatable bonds is 4. The number of benzene rings is 1. The van der Waals surface area contributed by atoms with Crippen molar-refractivity contribution in [2.75, 3.05) is 18.0 Å². The van der Waals surface area contributed by atoms with Gasteiger partial charge in [-0.25, -0.2) is 0 Å². The van der Waals surface area contributed by atoms with E-state index in [2.05, 4.69) is 23.1 Å². The van der Waals surface area contributed by atoms with Crippen LogP contribution in [0, 0.1) is 5.92 Å². The van der Waals surface area contributed by atoms with Crippen molar-refractivity contribution < 1.29 is 4.79 Å². The SMILES string of the molecule is CC(=O)Cc1cccc2c1N(CC1CCC1)CC2. The van der Waals surface area contributed by atoms with E-state index in [-0.39, 0.29) is 5.78 Å². The summed E-state index contributed by atoms with van der Waals surface area (Å²) in [6.07, 6.45) is 5.92. The van der Waals surface area contributed by atoms with Crippen molar-refractivity contribution in [3.05, 3.63) is 29.3 Å². The number of nitrogens with zero attached hydrogens (tertiary/aromatic N) is 1. The van der Waals surface area contributed by atoms with Crippen LogP contribution >= 0.6 is 0 Å². The first-order valence-electron chi connectivity index (χ1n) is 7.09. The number of fused-ring (bicyclic) bond motifs is 1. The third kappa shape index (κ3) is 2.16. The van der Waals surface area contributed by atoms with Gasteiger partial charge in [0.25, 0.3) is 0 Å². The molecular weight excluding hydrogens is 222 g/mol. The molecule has 1 aromatic rings. The van der Waals surface area contributed by atoms with E-state index in [1.807, 2.05) is 0 Å². The third-order valence-electron chi connectivity index (χ3n) is 4.31. The second-order valence-corrected chi connectivity index (χ2v) is 5.80. The summed E-state index contributed by atoms with van der Waals surface area (Å²) < 4.78 is 0. The van der Waals surface area contributed by atoms with Gasteiger partial charge in [0, 0.05) is 25.2 Å². The Kier molecular flexibility index (Phi) is 3.11. The van der Waals surface area contributed by atoms with Crippen LogP contribution in [0.1, 0.15) is 37.3 Å². The Morgan fingerprint density at radius 1 is 1.39 bits per heavy atom. The number of carbonyl (C=O) groups is 1. The van der Waals surface area contributed by atoms with E-state index in [1.165, 1.54) is 42.6 Å². The van der Waals surface area contributed by atoms with Crippen molar-refractivity contribution in [3.8, 4) is 0 Å². The van der Waals surface area contributed by atoms with Gasteiger partial charge in [0.15, 0.2) is 0 Å². The lowest BCUT2D eigenvalue weighted by Gasteiger charge is -2.32. The molecule has 0 radical (unpaired) electrons. The number of para-hydroxylation sites is 1. The first kappa shape index (κ1) is 11.8. The van der Waals surface area contributed by atoms with Gasteiger partial charge in [-0.1, -0.05) is 24.6 Å². The maximum absolute atomic E-state index is 11.4. The molecule has 1 saturated carbocycles. The first-order chi connectivity index (χ1) is 8.74. The largest absolute Gasteiger partial charge is 0.370 e. The zero-order valence-corrected chi connectivity index (χ0v) is 11.1. The minimum absolute atomic E-state index is 0.263. The second kappa shape index (κ2) is 4.75. The number of hydrogen-bond donors (Lipinski definition) is 0. The minimum Gasteiger partial charge on any atom is -0.370 e. The van der Waals surface area contributed by atoms with Crippen molar-refractivity contribution in [1.82, 2.24) is 0 Å². The van der Waals surface area contributed by atoms with Crippen LogP contribution in [-0.4, -0.2) is 18.9 Å². The van der Waals surface area contributed by atoms with E-state index in [0.717, 1.165) is 18.9 Å². The van der Waals surface area contributed by atoms with Gasteiger partial charge < -0.3 is 4.90 Å². The van der Waals surface area contributed by atoms with Crippen LogP contribution in [0.25, 0.3) is 0 Å². The van der Waals surface area contributed by atoms with Gasteiger partial charge >= 0.3 is 0 Å². The summed E-state index contributed by atoms with van der Waals surface area (Å²) in [6.45, 7) is 4.02. The number of ketones is 1. The van der Waals surface area contributed by atoms with E-state index >= 15 is 0 Å². The van der Waals surface area contributed by atoms with Gasteiger partial charge in [-0.3, -0.25) is 4.79 Å². The summed E-state index contributed by atoms with van der Waals surface area (Å²) >= 11 is 0. The molecule has 3 rings (SSSR count).